The van der Waals surface area contributed by atoms with E-state index < -0.39 is 15.6 Å². The Morgan fingerprint density at radius 2 is 0.917 bits per heavy atom. The molecule has 3 rings (SSSR count). The fraction of sp³-hybridized carbons (Fsp3) is 1.00. The van der Waals surface area contributed by atoms with E-state index in [1.807, 2.05) is 0 Å². The Labute approximate surface area is 145 Å². The molecule has 0 aromatic carbocycles. The van der Waals surface area contributed by atoms with E-state index in [9.17, 15) is 13.2 Å². The molecule has 0 aromatic rings. The summed E-state index contributed by atoms with van der Waals surface area (Å²) in [6, 6.07) is 0. The zero-order valence-corrected chi connectivity index (χ0v) is 15.5. The van der Waals surface area contributed by atoms with Gasteiger partial charge in [0.1, 0.15) is 15.7 Å². The highest BCUT2D eigenvalue weighted by Crippen LogP contribution is 2.42. The molecule has 3 aliphatic rings. The Hall–Kier alpha value is 0.0500. The Morgan fingerprint density at radius 3 is 1.08 bits per heavy atom. The lowest BCUT2D eigenvalue weighted by molar-refractivity contribution is -0.0517. The normalized spacial score (nSPS) is 24.5. The van der Waals surface area contributed by atoms with Crippen molar-refractivity contribution >= 4 is 21.0 Å². The van der Waals surface area contributed by atoms with Gasteiger partial charge in [0.05, 0.1) is 0 Å². The first-order valence-electron chi connectivity index (χ1n) is 8.93. The van der Waals surface area contributed by atoms with E-state index >= 15 is 0 Å². The summed E-state index contributed by atoms with van der Waals surface area (Å²) < 4.78 is 58.9. The van der Waals surface area contributed by atoms with Crippen molar-refractivity contribution in [3.8, 4) is 0 Å². The molecule has 0 heterocycles. The summed E-state index contributed by atoms with van der Waals surface area (Å²) in [7, 11) is -5.24. The second kappa shape index (κ2) is 8.62. The van der Waals surface area contributed by atoms with Gasteiger partial charge in [-0.25, -0.2) is 8.42 Å². The van der Waals surface area contributed by atoms with Gasteiger partial charge in [-0.3, -0.25) is 0 Å². The van der Waals surface area contributed by atoms with Crippen LogP contribution in [0.2, 0.25) is 0 Å². The Balaban J connectivity index is 0.000000224. The lowest BCUT2D eigenvalue weighted by Gasteiger charge is -2.25. The zero-order valence-electron chi connectivity index (χ0n) is 13.9. The largest absolute Gasteiger partial charge is 0.741 e. The second-order valence-corrected chi connectivity index (χ2v) is 11.2. The van der Waals surface area contributed by atoms with Gasteiger partial charge in [-0.15, -0.1) is 0 Å². The van der Waals surface area contributed by atoms with Gasteiger partial charge in [0, 0.05) is 0 Å². The fourth-order valence-electron chi connectivity index (χ4n) is 4.30. The van der Waals surface area contributed by atoms with Crippen LogP contribution in [0.15, 0.2) is 0 Å². The van der Waals surface area contributed by atoms with Crippen molar-refractivity contribution in [3.63, 3.8) is 0 Å². The van der Waals surface area contributed by atoms with Crippen LogP contribution >= 0.6 is 0 Å². The fourth-order valence-corrected chi connectivity index (χ4v) is 8.56. The van der Waals surface area contributed by atoms with E-state index in [1.54, 1.807) is 77.0 Å². The van der Waals surface area contributed by atoms with Crippen LogP contribution < -0.4 is 0 Å². The van der Waals surface area contributed by atoms with Crippen molar-refractivity contribution in [2.45, 2.75) is 98.3 Å². The topological polar surface area (TPSA) is 57.2 Å². The molecule has 0 unspecified atom stereocenters. The molecule has 142 valence electrons. The molecular weight excluding hydrogens is 361 g/mol. The minimum Gasteiger partial charge on any atom is -0.741 e. The van der Waals surface area contributed by atoms with E-state index in [0.717, 1.165) is 10.9 Å². The lowest BCUT2D eigenvalue weighted by Crippen LogP contribution is -2.37. The third-order valence-electron chi connectivity index (χ3n) is 5.34. The van der Waals surface area contributed by atoms with Gasteiger partial charge >= 0.3 is 5.51 Å². The molecule has 0 N–H and O–H groups in total. The van der Waals surface area contributed by atoms with Crippen molar-refractivity contribution in [2.24, 2.45) is 0 Å². The number of hydrogen-bond donors (Lipinski definition) is 0. The summed E-state index contributed by atoms with van der Waals surface area (Å²) in [5.41, 5.74) is -5.65. The van der Waals surface area contributed by atoms with Gasteiger partial charge in [0.15, 0.2) is 10.1 Å². The summed E-state index contributed by atoms with van der Waals surface area (Å²) in [5, 5.41) is 3.52. The summed E-state index contributed by atoms with van der Waals surface area (Å²) in [4.78, 5) is 0. The first-order valence-corrected chi connectivity index (χ1v) is 11.8. The van der Waals surface area contributed by atoms with Gasteiger partial charge in [0.25, 0.3) is 0 Å². The Kier molecular flexibility index (Phi) is 7.32. The van der Waals surface area contributed by atoms with Crippen LogP contribution in [0.4, 0.5) is 13.2 Å². The predicted molar refractivity (Wildman–Crippen MR) is 89.9 cm³/mol. The lowest BCUT2D eigenvalue weighted by atomic mass is 10.3. The zero-order chi connectivity index (χ0) is 17.8. The minimum atomic E-state index is -6.09. The average Bonchev–Trinajstić information content (AvgIpc) is 3.22. The van der Waals surface area contributed by atoms with E-state index in [1.165, 1.54) is 15.7 Å². The molecule has 0 atom stereocenters. The van der Waals surface area contributed by atoms with E-state index in [4.69, 9.17) is 13.0 Å². The van der Waals surface area contributed by atoms with E-state index in [0.29, 0.717) is 0 Å². The molecule has 0 aliphatic heterocycles. The minimum absolute atomic E-state index is 0.850. The van der Waals surface area contributed by atoms with Gasteiger partial charge in [-0.05, 0) is 87.9 Å². The van der Waals surface area contributed by atoms with E-state index in [2.05, 4.69) is 0 Å². The number of hydrogen-bond acceptors (Lipinski definition) is 3. The molecule has 0 spiro atoms. The molecule has 24 heavy (non-hydrogen) atoms. The number of halogens is 3. The standard InChI is InChI=1S/C15H27S.CHF3O3S/c1-2-8-13(7-1)16(14-9-3-4-10-14)15-11-5-6-12-15;2-1(3,4)8(5,6)7/h13-15H,1-12H2;(H,5,6,7)/q+1;/p-1. The Bertz CT molecular complexity index is 437. The summed E-state index contributed by atoms with van der Waals surface area (Å²) in [6.45, 7) is 0. The molecule has 3 fully saturated rings. The van der Waals surface area contributed by atoms with Crippen molar-refractivity contribution in [3.05, 3.63) is 0 Å². The molecule has 0 radical (unpaired) electrons. The van der Waals surface area contributed by atoms with Crippen LogP contribution in [-0.2, 0) is 21.0 Å². The molecular formula is C16H27F3O3S2. The maximum Gasteiger partial charge on any atom is 0.485 e. The maximum atomic E-state index is 10.7. The molecule has 8 heteroatoms. The highest BCUT2D eigenvalue weighted by Gasteiger charge is 2.46. The quantitative estimate of drug-likeness (QED) is 0.407. The van der Waals surface area contributed by atoms with Crippen molar-refractivity contribution < 1.29 is 26.1 Å². The molecule has 0 bridgehead atoms. The van der Waals surface area contributed by atoms with Crippen molar-refractivity contribution in [1.29, 1.82) is 0 Å². The van der Waals surface area contributed by atoms with Crippen LogP contribution in [0.3, 0.4) is 0 Å². The van der Waals surface area contributed by atoms with Crippen LogP contribution in [0.1, 0.15) is 77.0 Å². The van der Waals surface area contributed by atoms with Crippen LogP contribution in [0, 0.1) is 0 Å². The van der Waals surface area contributed by atoms with Crippen molar-refractivity contribution in [1.82, 2.24) is 0 Å². The van der Waals surface area contributed by atoms with Gasteiger partial charge in [-0.1, -0.05) is 0 Å². The summed E-state index contributed by atoms with van der Waals surface area (Å²) >= 11 is 0. The first-order chi connectivity index (χ1) is 11.2. The smallest absolute Gasteiger partial charge is 0.485 e. The van der Waals surface area contributed by atoms with E-state index in [-0.39, 0.29) is 0 Å². The van der Waals surface area contributed by atoms with Crippen LogP contribution in [-0.4, -0.2) is 34.2 Å². The van der Waals surface area contributed by atoms with Crippen molar-refractivity contribution in [2.75, 3.05) is 0 Å². The van der Waals surface area contributed by atoms with Gasteiger partial charge in [0.2, 0.25) is 0 Å². The molecule has 3 aliphatic carbocycles. The third kappa shape index (κ3) is 5.53. The third-order valence-corrected chi connectivity index (χ3v) is 9.64. The van der Waals surface area contributed by atoms with Gasteiger partial charge in [-0.2, -0.15) is 13.2 Å². The summed E-state index contributed by atoms with van der Waals surface area (Å²) in [5.74, 6) is 0. The monoisotopic (exact) mass is 388 g/mol. The molecule has 0 amide bonds. The Morgan fingerprint density at radius 1 is 0.708 bits per heavy atom. The van der Waals surface area contributed by atoms with Gasteiger partial charge < -0.3 is 4.55 Å². The molecule has 0 saturated heterocycles. The second-order valence-electron chi connectivity index (χ2n) is 7.03. The average molecular weight is 389 g/mol. The summed E-state index contributed by atoms with van der Waals surface area (Å²) in [6.07, 6.45) is 18.9. The van der Waals surface area contributed by atoms with Crippen LogP contribution in [0.25, 0.3) is 0 Å². The number of rotatable bonds is 3. The number of alkyl halides is 3. The van der Waals surface area contributed by atoms with Crippen LogP contribution in [0.5, 0.6) is 0 Å². The first kappa shape index (κ1) is 20.4. The predicted octanol–water partition coefficient (Wildman–Crippen LogP) is 4.48. The molecule has 3 nitrogen and oxygen atoms in total. The highest BCUT2D eigenvalue weighted by molar-refractivity contribution is 7.98. The SMILES string of the molecule is C1CCC([S+](C2CCCC2)C2CCCC2)C1.O=S(=O)([O-])C(F)(F)F. The highest BCUT2D eigenvalue weighted by atomic mass is 32.2. The maximum absolute atomic E-state index is 10.7. The molecule has 0 aromatic heterocycles. The molecule has 3 saturated carbocycles.